The van der Waals surface area contributed by atoms with E-state index >= 15 is 0 Å². The van der Waals surface area contributed by atoms with Crippen LogP contribution in [0.3, 0.4) is 0 Å². The van der Waals surface area contributed by atoms with E-state index in [1.54, 1.807) is 29.6 Å². The van der Waals surface area contributed by atoms with Crippen molar-refractivity contribution in [2.24, 2.45) is 0 Å². The van der Waals surface area contributed by atoms with Gasteiger partial charge in [0.05, 0.1) is 22.7 Å². The van der Waals surface area contributed by atoms with Crippen LogP contribution in [0.1, 0.15) is 31.2 Å². The van der Waals surface area contributed by atoms with Crippen LogP contribution in [0.15, 0.2) is 60.0 Å². The molecule has 1 heterocycles. The molecule has 0 aliphatic rings. The van der Waals surface area contributed by atoms with Gasteiger partial charge >= 0.3 is 6.18 Å². The van der Waals surface area contributed by atoms with Crippen molar-refractivity contribution in [2.75, 3.05) is 25.6 Å². The van der Waals surface area contributed by atoms with Crippen LogP contribution in [0.4, 0.5) is 18.9 Å². The summed E-state index contributed by atoms with van der Waals surface area (Å²) in [5.74, 6) is -0.696. The molecule has 6 nitrogen and oxygen atoms in total. The van der Waals surface area contributed by atoms with E-state index in [9.17, 15) is 22.8 Å². The lowest BCUT2D eigenvalue weighted by Crippen LogP contribution is -2.21. The van der Waals surface area contributed by atoms with Crippen LogP contribution in [0.5, 0.6) is 5.75 Å². The van der Waals surface area contributed by atoms with Crippen molar-refractivity contribution in [3.8, 4) is 5.75 Å². The fourth-order valence-electron chi connectivity index (χ4n) is 2.81. The van der Waals surface area contributed by atoms with E-state index in [0.29, 0.717) is 4.88 Å². The lowest BCUT2D eigenvalue weighted by molar-refractivity contribution is -0.137. The summed E-state index contributed by atoms with van der Waals surface area (Å²) in [6.45, 7) is 0.610. The molecule has 33 heavy (non-hydrogen) atoms. The number of anilines is 1. The third kappa shape index (κ3) is 6.80. The van der Waals surface area contributed by atoms with E-state index < -0.39 is 17.6 Å². The average molecular weight is 478 g/mol. The highest BCUT2D eigenvalue weighted by Crippen LogP contribution is 2.35. The van der Waals surface area contributed by atoms with Gasteiger partial charge in [-0.3, -0.25) is 9.59 Å². The number of alkyl halides is 3. The van der Waals surface area contributed by atoms with Gasteiger partial charge in [0, 0.05) is 19.2 Å². The number of ether oxygens (including phenoxy) is 2. The first kappa shape index (κ1) is 24.3. The largest absolute Gasteiger partial charge is 0.489 e. The van der Waals surface area contributed by atoms with Crippen molar-refractivity contribution in [1.29, 1.82) is 0 Å². The molecule has 2 amide bonds. The fraction of sp³-hybridized carbons (Fsp3) is 0.217. The second-order valence-corrected chi connectivity index (χ2v) is 7.81. The van der Waals surface area contributed by atoms with Crippen molar-refractivity contribution < 1.29 is 32.2 Å². The molecule has 2 aromatic carbocycles. The lowest BCUT2D eigenvalue weighted by Gasteiger charge is -2.15. The summed E-state index contributed by atoms with van der Waals surface area (Å²) in [5.41, 5.74) is -0.00497. The molecule has 3 rings (SSSR count). The Kier molecular flexibility index (Phi) is 8.07. The molecule has 1 aromatic heterocycles. The molecule has 0 spiro atoms. The maximum Gasteiger partial charge on any atom is 0.416 e. The van der Waals surface area contributed by atoms with Gasteiger partial charge in [0.25, 0.3) is 11.8 Å². The van der Waals surface area contributed by atoms with Gasteiger partial charge in [-0.2, -0.15) is 13.2 Å². The minimum absolute atomic E-state index is 0.0984. The number of carbonyl (C=O) groups is 2. The Bertz CT molecular complexity index is 1080. The van der Waals surface area contributed by atoms with Crippen molar-refractivity contribution in [1.82, 2.24) is 5.32 Å². The predicted octanol–water partition coefficient (Wildman–Crippen LogP) is 4.97. The second kappa shape index (κ2) is 11.0. The third-order valence-corrected chi connectivity index (χ3v) is 5.38. The quantitative estimate of drug-likeness (QED) is 0.426. The summed E-state index contributed by atoms with van der Waals surface area (Å²) < 4.78 is 49.7. The number of thiophene rings is 1. The average Bonchev–Trinajstić information content (AvgIpc) is 3.33. The molecule has 174 valence electrons. The van der Waals surface area contributed by atoms with Gasteiger partial charge in [-0.1, -0.05) is 18.2 Å². The molecule has 2 N–H and O–H groups in total. The maximum atomic E-state index is 13.1. The van der Waals surface area contributed by atoms with Crippen LogP contribution in [0.2, 0.25) is 0 Å². The number of hydrogen-bond donors (Lipinski definition) is 2. The number of rotatable bonds is 9. The Hall–Kier alpha value is -3.37. The van der Waals surface area contributed by atoms with Gasteiger partial charge in [-0.05, 0) is 47.3 Å². The summed E-state index contributed by atoms with van der Waals surface area (Å²) in [4.78, 5) is 25.3. The first-order valence-electron chi connectivity index (χ1n) is 9.83. The number of benzene rings is 2. The third-order valence-electron chi connectivity index (χ3n) is 4.51. The molecular weight excluding hydrogens is 457 g/mol. The molecule has 0 aliphatic heterocycles. The number of nitrogens with one attached hydrogen (secondary N) is 2. The number of methoxy groups -OCH3 is 1. The highest BCUT2D eigenvalue weighted by atomic mass is 32.1. The van der Waals surface area contributed by atoms with Gasteiger partial charge in [0.1, 0.15) is 12.4 Å². The minimum Gasteiger partial charge on any atom is -0.489 e. The number of amides is 2. The first-order chi connectivity index (χ1) is 15.8. The molecule has 3 aromatic rings. The summed E-state index contributed by atoms with van der Waals surface area (Å²) in [6.07, 6.45) is -4.57. The van der Waals surface area contributed by atoms with Gasteiger partial charge < -0.3 is 20.1 Å². The van der Waals surface area contributed by atoms with Crippen LogP contribution in [-0.2, 0) is 17.5 Å². The maximum absolute atomic E-state index is 13.1. The van der Waals surface area contributed by atoms with Crippen LogP contribution >= 0.6 is 11.3 Å². The van der Waals surface area contributed by atoms with E-state index in [2.05, 4.69) is 10.6 Å². The van der Waals surface area contributed by atoms with Gasteiger partial charge in [-0.15, -0.1) is 11.3 Å². The molecule has 10 heteroatoms. The zero-order valence-corrected chi connectivity index (χ0v) is 18.4. The Morgan fingerprint density at radius 3 is 2.39 bits per heavy atom. The Morgan fingerprint density at radius 1 is 1.00 bits per heavy atom. The molecule has 0 bridgehead atoms. The van der Waals surface area contributed by atoms with Crippen LogP contribution in [0.25, 0.3) is 0 Å². The molecule has 0 unspecified atom stereocenters. The van der Waals surface area contributed by atoms with Gasteiger partial charge in [0.2, 0.25) is 0 Å². The molecule has 0 saturated carbocycles. The number of halogens is 3. The second-order valence-electron chi connectivity index (χ2n) is 6.86. The lowest BCUT2D eigenvalue weighted by atomic mass is 10.1. The highest BCUT2D eigenvalue weighted by molar-refractivity contribution is 7.12. The molecular formula is C23H21F3N2O4S. The SMILES string of the molecule is COCCOc1ccc(C(F)(F)F)cc1NC(=O)c1ccc(CNC(=O)c2cccs2)cc1. The fourth-order valence-corrected chi connectivity index (χ4v) is 3.45. The molecule has 0 aliphatic carbocycles. The highest BCUT2D eigenvalue weighted by Gasteiger charge is 2.31. The summed E-state index contributed by atoms with van der Waals surface area (Å²) in [5, 5.41) is 7.07. The van der Waals surface area contributed by atoms with E-state index in [0.717, 1.165) is 23.8 Å². The first-order valence-corrected chi connectivity index (χ1v) is 10.7. The molecule has 0 fully saturated rings. The Balaban J connectivity index is 1.68. The zero-order valence-electron chi connectivity index (χ0n) is 17.6. The molecule has 0 radical (unpaired) electrons. The topological polar surface area (TPSA) is 76.7 Å². The van der Waals surface area contributed by atoms with Crippen molar-refractivity contribution >= 4 is 28.8 Å². The monoisotopic (exact) mass is 478 g/mol. The summed E-state index contributed by atoms with van der Waals surface area (Å²) in [6, 6.07) is 12.7. The number of hydrogen-bond acceptors (Lipinski definition) is 5. The van der Waals surface area contributed by atoms with Crippen LogP contribution < -0.4 is 15.4 Å². The smallest absolute Gasteiger partial charge is 0.416 e. The normalized spacial score (nSPS) is 11.2. The summed E-state index contributed by atoms with van der Waals surface area (Å²) in [7, 11) is 1.47. The molecule has 0 saturated heterocycles. The van der Waals surface area contributed by atoms with Crippen LogP contribution in [0, 0.1) is 0 Å². The standard InChI is InChI=1S/C23H21F3N2O4S/c1-31-10-11-32-19-9-8-17(23(24,25)26)13-18(19)28-21(29)16-6-4-15(5-7-16)14-27-22(30)20-3-2-12-33-20/h2-9,12-13H,10-11,14H2,1H3,(H,27,30)(H,28,29). The number of carbonyl (C=O) groups excluding carboxylic acids is 2. The zero-order chi connectivity index (χ0) is 23.8. The van der Waals surface area contributed by atoms with E-state index in [1.807, 2.05) is 0 Å². The van der Waals surface area contributed by atoms with E-state index in [1.165, 1.54) is 30.6 Å². The van der Waals surface area contributed by atoms with Gasteiger partial charge in [-0.25, -0.2) is 0 Å². The Labute approximate surface area is 192 Å². The minimum atomic E-state index is -4.57. The van der Waals surface area contributed by atoms with E-state index in [4.69, 9.17) is 9.47 Å². The van der Waals surface area contributed by atoms with Crippen LogP contribution in [-0.4, -0.2) is 32.1 Å². The predicted molar refractivity (Wildman–Crippen MR) is 119 cm³/mol. The van der Waals surface area contributed by atoms with E-state index in [-0.39, 0.29) is 42.7 Å². The van der Waals surface area contributed by atoms with Crippen molar-refractivity contribution in [3.63, 3.8) is 0 Å². The summed E-state index contributed by atoms with van der Waals surface area (Å²) >= 11 is 1.33. The molecule has 0 atom stereocenters. The van der Waals surface area contributed by atoms with Gasteiger partial charge in [0.15, 0.2) is 0 Å². The van der Waals surface area contributed by atoms with Crippen molar-refractivity contribution in [2.45, 2.75) is 12.7 Å². The van der Waals surface area contributed by atoms with Crippen molar-refractivity contribution in [3.05, 3.63) is 81.5 Å². The Morgan fingerprint density at radius 2 is 1.76 bits per heavy atom.